The standard InChI is InChI=1S/C32H24O.C20H13F3O3S.C7H9BO3/c1-21-7-5-8-22(17-21)24-13-15-29-27-11-3-4-12-28(27)30-16-14-25(20-32(30)31(29)19-24)23-9-6-10-26(18-23)33-2;1-12-6-8-16-14-4-2-3-5-15(14)17-9-7-13(11-19(17)18(16)10-12)26-27(24,25)20(21,22)23;1-11-7-4-2-3-6(5-7)8(9)10/h3-20H,1-2H3;2-11H,1H3;2-5,9-10H,1H3. The first kappa shape index (κ1) is 48.1. The van der Waals surface area contributed by atoms with Gasteiger partial charge in [-0.15, -0.1) is 0 Å². The topological polar surface area (TPSA) is 102 Å². The third-order valence-corrected chi connectivity index (χ3v) is 13.4. The Morgan fingerprint density at radius 3 is 1.31 bits per heavy atom. The highest BCUT2D eigenvalue weighted by molar-refractivity contribution is 7.88. The van der Waals surface area contributed by atoms with Gasteiger partial charge in [-0.3, -0.25) is 0 Å². The molecule has 0 radical (unpaired) electrons. The Balaban J connectivity index is 0.000000147. The van der Waals surface area contributed by atoms with Gasteiger partial charge in [0.25, 0.3) is 0 Å². The molecule has 0 saturated carbocycles. The van der Waals surface area contributed by atoms with E-state index in [0.717, 1.165) is 43.8 Å². The predicted octanol–water partition coefficient (Wildman–Crippen LogP) is 13.9. The van der Waals surface area contributed by atoms with Gasteiger partial charge in [-0.05, 0) is 161 Å². The lowest BCUT2D eigenvalue weighted by Crippen LogP contribution is -2.29. The van der Waals surface area contributed by atoms with Gasteiger partial charge in [0.1, 0.15) is 17.2 Å². The minimum atomic E-state index is -5.72. The maximum atomic E-state index is 12.6. The number of alkyl halides is 3. The van der Waals surface area contributed by atoms with Crippen LogP contribution in [0.4, 0.5) is 13.2 Å². The van der Waals surface area contributed by atoms with Gasteiger partial charge in [0.15, 0.2) is 0 Å². The third-order valence-electron chi connectivity index (χ3n) is 12.4. The summed E-state index contributed by atoms with van der Waals surface area (Å²) in [6, 6.07) is 63.8. The van der Waals surface area contributed by atoms with Gasteiger partial charge in [0, 0.05) is 0 Å². The Morgan fingerprint density at radius 2 is 0.803 bits per heavy atom. The lowest BCUT2D eigenvalue weighted by Gasteiger charge is -2.14. The monoisotopic (exact) mass is 966 g/mol. The molecular weight excluding hydrogens is 921 g/mol. The van der Waals surface area contributed by atoms with Crippen molar-refractivity contribution in [3.05, 3.63) is 205 Å². The summed E-state index contributed by atoms with van der Waals surface area (Å²) in [4.78, 5) is 0. The second kappa shape index (κ2) is 19.8. The number of benzene rings is 11. The van der Waals surface area contributed by atoms with Crippen molar-refractivity contribution in [2.75, 3.05) is 14.2 Å². The second-order valence-electron chi connectivity index (χ2n) is 17.1. The fourth-order valence-electron chi connectivity index (χ4n) is 9.02. The number of aryl methyl sites for hydroxylation is 2. The highest BCUT2D eigenvalue weighted by atomic mass is 32.2. The normalized spacial score (nSPS) is 11.6. The molecule has 0 spiro atoms. The summed E-state index contributed by atoms with van der Waals surface area (Å²) in [5, 5.41) is 30.3. The highest BCUT2D eigenvalue weighted by Crippen LogP contribution is 2.41. The molecule has 0 aliphatic rings. The van der Waals surface area contributed by atoms with Crippen molar-refractivity contribution in [3.8, 4) is 39.5 Å². The van der Waals surface area contributed by atoms with Gasteiger partial charge in [0.05, 0.1) is 14.2 Å². The molecular formula is C59H46BF3O7S. The van der Waals surface area contributed by atoms with E-state index in [1.54, 1.807) is 37.4 Å². The first-order chi connectivity index (χ1) is 34.1. The Bertz CT molecular complexity index is 3910. The molecule has 0 aliphatic heterocycles. The van der Waals surface area contributed by atoms with Gasteiger partial charge in [0.2, 0.25) is 0 Å². The quantitative estimate of drug-likeness (QED) is 0.0710. The Labute approximate surface area is 409 Å². The summed E-state index contributed by atoms with van der Waals surface area (Å²) in [6.45, 7) is 4.06. The molecule has 2 N–H and O–H groups in total. The smallest absolute Gasteiger partial charge is 0.497 e. The van der Waals surface area contributed by atoms with Crippen molar-refractivity contribution in [1.29, 1.82) is 0 Å². The first-order valence-electron chi connectivity index (χ1n) is 22.6. The molecule has 71 heavy (non-hydrogen) atoms. The molecule has 0 saturated heterocycles. The van der Waals surface area contributed by atoms with E-state index in [1.807, 2.05) is 61.5 Å². The predicted molar refractivity (Wildman–Crippen MR) is 283 cm³/mol. The summed E-state index contributed by atoms with van der Waals surface area (Å²) in [6.07, 6.45) is 0. The average molecular weight is 967 g/mol. The van der Waals surface area contributed by atoms with E-state index >= 15 is 0 Å². The number of fused-ring (bicyclic) bond motifs is 12. The van der Waals surface area contributed by atoms with E-state index in [0.29, 0.717) is 16.6 Å². The van der Waals surface area contributed by atoms with Crippen LogP contribution >= 0.6 is 0 Å². The van der Waals surface area contributed by atoms with Gasteiger partial charge in [-0.1, -0.05) is 151 Å². The second-order valence-corrected chi connectivity index (χ2v) is 18.6. The lowest BCUT2D eigenvalue weighted by atomic mass is 9.80. The van der Waals surface area contributed by atoms with Crippen molar-refractivity contribution in [3.63, 3.8) is 0 Å². The number of hydrogen-bond acceptors (Lipinski definition) is 7. The Morgan fingerprint density at radius 1 is 0.394 bits per heavy atom. The molecule has 0 fully saturated rings. The minimum Gasteiger partial charge on any atom is -0.497 e. The molecule has 7 nitrogen and oxygen atoms in total. The van der Waals surface area contributed by atoms with Crippen LogP contribution in [-0.2, 0) is 10.1 Å². The molecule has 354 valence electrons. The molecule has 0 heterocycles. The largest absolute Gasteiger partial charge is 0.534 e. The van der Waals surface area contributed by atoms with E-state index < -0.39 is 22.7 Å². The van der Waals surface area contributed by atoms with Crippen LogP contribution in [0.1, 0.15) is 11.1 Å². The molecule has 0 aromatic heterocycles. The van der Waals surface area contributed by atoms with Gasteiger partial charge >= 0.3 is 22.7 Å². The molecule has 0 bridgehead atoms. The van der Waals surface area contributed by atoms with Crippen molar-refractivity contribution < 1.29 is 45.3 Å². The van der Waals surface area contributed by atoms with Gasteiger partial charge in [-0.25, -0.2) is 0 Å². The zero-order chi connectivity index (χ0) is 50.0. The SMILES string of the molecule is COc1cccc(-c2ccc3c4ccccc4c4ccc(-c5cccc(C)c5)cc4c3c2)c1.COc1cccc(B(O)O)c1.Cc1ccc2c3ccccc3c3ccc(OS(=O)(=O)C(F)(F)F)cc3c2c1. The molecule has 0 amide bonds. The lowest BCUT2D eigenvalue weighted by molar-refractivity contribution is -0.0500. The van der Waals surface area contributed by atoms with Crippen LogP contribution in [-0.4, -0.2) is 45.3 Å². The molecule has 11 aromatic rings. The summed E-state index contributed by atoms with van der Waals surface area (Å²) < 4.78 is 75.2. The maximum Gasteiger partial charge on any atom is 0.534 e. The summed E-state index contributed by atoms with van der Waals surface area (Å²) in [5.41, 5.74) is 2.06. The van der Waals surface area contributed by atoms with Gasteiger partial charge in [-0.2, -0.15) is 21.6 Å². The fraction of sp³-hybridized carbons (Fsp3) is 0.0847. The summed E-state index contributed by atoms with van der Waals surface area (Å²) in [5.74, 6) is 1.12. The zero-order valence-electron chi connectivity index (χ0n) is 39.0. The van der Waals surface area contributed by atoms with E-state index in [2.05, 4.69) is 108 Å². The maximum absolute atomic E-state index is 12.6. The van der Waals surface area contributed by atoms with Crippen LogP contribution in [0.15, 0.2) is 194 Å². The molecule has 0 unspecified atom stereocenters. The van der Waals surface area contributed by atoms with Crippen LogP contribution in [0.2, 0.25) is 0 Å². The molecule has 0 atom stereocenters. The number of hydrogen-bond donors (Lipinski definition) is 2. The molecule has 12 heteroatoms. The Hall–Kier alpha value is -7.90. The molecule has 11 aromatic carbocycles. The van der Waals surface area contributed by atoms with Crippen molar-refractivity contribution in [1.82, 2.24) is 0 Å². The molecule has 0 aliphatic carbocycles. The number of methoxy groups -OCH3 is 2. The van der Waals surface area contributed by atoms with Crippen LogP contribution in [0.3, 0.4) is 0 Å². The highest BCUT2D eigenvalue weighted by Gasteiger charge is 2.48. The van der Waals surface area contributed by atoms with E-state index in [-0.39, 0.29) is 5.75 Å². The van der Waals surface area contributed by atoms with Crippen molar-refractivity contribution in [2.24, 2.45) is 0 Å². The van der Waals surface area contributed by atoms with Crippen molar-refractivity contribution in [2.45, 2.75) is 19.4 Å². The number of halogens is 3. The van der Waals surface area contributed by atoms with E-state index in [4.69, 9.17) is 19.5 Å². The van der Waals surface area contributed by atoms with Crippen molar-refractivity contribution >= 4 is 87.3 Å². The molecule has 11 rings (SSSR count). The fourth-order valence-corrected chi connectivity index (χ4v) is 9.47. The number of ether oxygens (including phenoxy) is 2. The summed E-state index contributed by atoms with van der Waals surface area (Å²) in [7, 11) is -3.90. The van der Waals surface area contributed by atoms with Crippen LogP contribution in [0.25, 0.3) is 86.9 Å². The Kier molecular flexibility index (Phi) is 13.5. The first-order valence-corrected chi connectivity index (χ1v) is 24.0. The zero-order valence-corrected chi connectivity index (χ0v) is 39.8. The average Bonchev–Trinajstić information content (AvgIpc) is 3.38. The minimum absolute atomic E-state index is 0.377. The third kappa shape index (κ3) is 9.96. The summed E-state index contributed by atoms with van der Waals surface area (Å²) >= 11 is 0. The van der Waals surface area contributed by atoms with Crippen LogP contribution < -0.4 is 19.1 Å². The van der Waals surface area contributed by atoms with E-state index in [1.165, 1.54) is 73.8 Å². The van der Waals surface area contributed by atoms with Crippen LogP contribution in [0.5, 0.6) is 17.2 Å². The number of rotatable bonds is 7. The van der Waals surface area contributed by atoms with E-state index in [9.17, 15) is 21.6 Å². The van der Waals surface area contributed by atoms with Crippen LogP contribution in [0, 0.1) is 13.8 Å². The van der Waals surface area contributed by atoms with Gasteiger partial charge < -0.3 is 23.7 Å².